The monoisotopic (exact) mass is 1560 g/mol. The molecular weight excluding hydrogens is 1480 g/mol. The molecule has 0 atom stereocenters. The zero-order valence-corrected chi connectivity index (χ0v) is 68.5. The first-order valence-electron chi connectivity index (χ1n) is 42.8. The molecule has 0 bridgehead atoms. The second-order valence-electron chi connectivity index (χ2n) is 33.2. The summed E-state index contributed by atoms with van der Waals surface area (Å²) in [5.74, 6) is 0. The van der Waals surface area contributed by atoms with Crippen LogP contribution in [0, 0.1) is 0 Å². The highest BCUT2D eigenvalue weighted by molar-refractivity contribution is 6.26. The number of fused-ring (bicyclic) bond motifs is 12. The van der Waals surface area contributed by atoms with Crippen molar-refractivity contribution in [3.8, 4) is 122 Å². The van der Waals surface area contributed by atoms with E-state index >= 15 is 0 Å². The first-order valence-corrected chi connectivity index (χ1v) is 42.8. The maximum Gasteiger partial charge on any atom is 0.0159 e. The molecule has 0 saturated heterocycles. The van der Waals surface area contributed by atoms with Gasteiger partial charge >= 0.3 is 0 Å². The van der Waals surface area contributed by atoms with Crippen LogP contribution in [0.15, 0.2) is 473 Å². The van der Waals surface area contributed by atoms with Gasteiger partial charge in [-0.05, 0) is 273 Å². The summed E-state index contributed by atoms with van der Waals surface area (Å²) < 4.78 is 0. The Bertz CT molecular complexity index is 8020. The second kappa shape index (κ2) is 31.3. The molecule has 0 saturated carbocycles. The standard InChI is InChI=1S/C47H34.C44H28.C32H22/c1-47(2)43-29-35(31-14-6-3-7-15-31)22-25-37(43)38-26-23-36(30-44(38)47)34-24-27-41-42(28-34)46(33-18-10-5-11-19-33)40-21-13-12-20-39(40)45(41)32-16-8-4-9-17-32;1-3-13-32-26-35(22-20-29(32)10-1)43-39-17-7-8-18-40(39)44(36-23-21-30-11-2-4-14-33(30)27-36)42-28-34(24-25-41(42)43)38-19-9-15-31-12-5-6-16-37(31)38;1-4-12-23(13-5-1)26-20-21-29-30(22-26)32(25-16-8-3-9-17-25)28-19-11-10-18-27(28)31(29)24-14-6-2-7-15-24/h3-30H,1-2H3;1-28H;1-22H. The van der Waals surface area contributed by atoms with Gasteiger partial charge in [-0.25, -0.2) is 0 Å². The Hall–Kier alpha value is -15.6. The van der Waals surface area contributed by atoms with Crippen molar-refractivity contribution in [2.75, 3.05) is 0 Å². The summed E-state index contributed by atoms with van der Waals surface area (Å²) in [7, 11) is 0. The van der Waals surface area contributed by atoms with Crippen LogP contribution in [-0.2, 0) is 5.41 Å². The highest BCUT2D eigenvalue weighted by Crippen LogP contribution is 2.54. The van der Waals surface area contributed by atoms with E-state index in [1.165, 1.54) is 230 Å². The third kappa shape index (κ3) is 13.3. The molecule has 0 aliphatic heterocycles. The summed E-state index contributed by atoms with van der Waals surface area (Å²) in [6, 6.07) is 173. The lowest BCUT2D eigenvalue weighted by atomic mass is 9.80. The van der Waals surface area contributed by atoms with Crippen molar-refractivity contribution < 1.29 is 0 Å². The van der Waals surface area contributed by atoms with E-state index in [0.29, 0.717) is 0 Å². The molecule has 23 aromatic rings. The van der Waals surface area contributed by atoms with Gasteiger partial charge in [-0.2, -0.15) is 0 Å². The number of hydrogen-bond acceptors (Lipinski definition) is 0. The lowest BCUT2D eigenvalue weighted by molar-refractivity contribution is 0.661. The van der Waals surface area contributed by atoms with E-state index in [1.54, 1.807) is 0 Å². The van der Waals surface area contributed by atoms with Crippen LogP contribution in [0.2, 0.25) is 0 Å². The molecule has 576 valence electrons. The largest absolute Gasteiger partial charge is 0.0622 e. The molecule has 0 aromatic heterocycles. The van der Waals surface area contributed by atoms with E-state index in [2.05, 4.69) is 487 Å². The predicted octanol–water partition coefficient (Wildman–Crippen LogP) is 34.4. The molecular formula is C123H84. The Morgan fingerprint density at radius 2 is 0.366 bits per heavy atom. The van der Waals surface area contributed by atoms with Crippen molar-refractivity contribution in [3.05, 3.63) is 484 Å². The van der Waals surface area contributed by atoms with Crippen LogP contribution in [0.5, 0.6) is 0 Å². The van der Waals surface area contributed by atoms with Crippen LogP contribution in [-0.4, -0.2) is 0 Å². The van der Waals surface area contributed by atoms with Gasteiger partial charge in [-0.15, -0.1) is 0 Å². The number of benzene rings is 23. The highest BCUT2D eigenvalue weighted by atomic mass is 14.4. The van der Waals surface area contributed by atoms with Crippen molar-refractivity contribution in [1.82, 2.24) is 0 Å². The van der Waals surface area contributed by atoms with Crippen molar-refractivity contribution in [2.24, 2.45) is 0 Å². The van der Waals surface area contributed by atoms with Crippen LogP contribution >= 0.6 is 0 Å². The lowest BCUT2D eigenvalue weighted by Crippen LogP contribution is -2.15. The van der Waals surface area contributed by atoms with Crippen LogP contribution in [0.4, 0.5) is 0 Å². The minimum atomic E-state index is -0.103. The summed E-state index contributed by atoms with van der Waals surface area (Å²) in [5, 5.41) is 22.9. The SMILES string of the molecule is CC1(C)c2cc(-c3ccccc3)ccc2-c2ccc(-c3ccc4c(-c5ccccc5)c5ccccc5c(-c5ccccc5)c4c3)cc21.c1ccc(-c2ccc3c(-c4ccccc4)c4ccccc4c(-c4ccccc4)c3c2)cc1.c1ccc2cc(-c3c4ccccc4c(-c4ccc5ccccc5c4)c4cc(-c5cccc6ccccc56)ccc34)ccc2c1. The van der Waals surface area contributed by atoms with Crippen molar-refractivity contribution in [2.45, 2.75) is 19.3 Å². The fourth-order valence-corrected chi connectivity index (χ4v) is 19.9. The third-order valence-corrected chi connectivity index (χ3v) is 25.7. The normalized spacial score (nSPS) is 12.0. The van der Waals surface area contributed by atoms with Crippen LogP contribution < -0.4 is 0 Å². The van der Waals surface area contributed by atoms with Gasteiger partial charge in [0, 0.05) is 5.41 Å². The number of rotatable bonds is 10. The summed E-state index contributed by atoms with van der Waals surface area (Å²) >= 11 is 0. The molecule has 123 heavy (non-hydrogen) atoms. The molecule has 1 aliphatic carbocycles. The van der Waals surface area contributed by atoms with Crippen molar-refractivity contribution in [3.63, 3.8) is 0 Å². The molecule has 0 spiro atoms. The first kappa shape index (κ1) is 73.7. The Kier molecular flexibility index (Phi) is 18.8. The Balaban J connectivity index is 0.000000112. The molecule has 0 unspecified atom stereocenters. The smallest absolute Gasteiger partial charge is 0.0159 e. The summed E-state index contributed by atoms with van der Waals surface area (Å²) in [4.78, 5) is 0. The average molecular weight is 1560 g/mol. The van der Waals surface area contributed by atoms with Crippen molar-refractivity contribution >= 4 is 97.0 Å². The highest BCUT2D eigenvalue weighted by Gasteiger charge is 2.36. The molecule has 0 heteroatoms. The summed E-state index contributed by atoms with van der Waals surface area (Å²) in [5.41, 5.74) is 30.6. The maximum absolute atomic E-state index is 2.44. The Labute approximate surface area is 717 Å². The van der Waals surface area contributed by atoms with E-state index in [0.717, 1.165) is 0 Å². The fourth-order valence-electron chi connectivity index (χ4n) is 19.9. The molecule has 24 rings (SSSR count). The van der Waals surface area contributed by atoms with Gasteiger partial charge in [0.1, 0.15) is 0 Å². The van der Waals surface area contributed by atoms with Crippen LogP contribution in [0.3, 0.4) is 0 Å². The summed E-state index contributed by atoms with van der Waals surface area (Å²) in [6.07, 6.45) is 0. The zero-order valence-electron chi connectivity index (χ0n) is 68.5. The quantitative estimate of drug-likeness (QED) is 0.120. The van der Waals surface area contributed by atoms with Crippen LogP contribution in [0.1, 0.15) is 25.0 Å². The minimum absolute atomic E-state index is 0.103. The van der Waals surface area contributed by atoms with E-state index in [1.807, 2.05) is 0 Å². The molecule has 0 amide bonds. The maximum atomic E-state index is 2.44. The molecule has 1 aliphatic rings. The van der Waals surface area contributed by atoms with E-state index in [9.17, 15) is 0 Å². The van der Waals surface area contributed by atoms with Gasteiger partial charge in [-0.1, -0.05) is 445 Å². The predicted molar refractivity (Wildman–Crippen MR) is 529 cm³/mol. The molecule has 0 radical (unpaired) electrons. The second-order valence-corrected chi connectivity index (χ2v) is 33.2. The van der Waals surface area contributed by atoms with Gasteiger partial charge in [0.25, 0.3) is 0 Å². The molecule has 0 heterocycles. The van der Waals surface area contributed by atoms with E-state index < -0.39 is 0 Å². The Morgan fingerprint density at radius 3 is 0.756 bits per heavy atom. The van der Waals surface area contributed by atoms with Gasteiger partial charge in [-0.3, -0.25) is 0 Å². The minimum Gasteiger partial charge on any atom is -0.0622 e. The zero-order chi connectivity index (χ0) is 81.9. The third-order valence-electron chi connectivity index (χ3n) is 25.7. The van der Waals surface area contributed by atoms with E-state index in [-0.39, 0.29) is 5.41 Å². The molecule has 0 fully saturated rings. The van der Waals surface area contributed by atoms with Crippen LogP contribution in [0.25, 0.3) is 219 Å². The van der Waals surface area contributed by atoms with Gasteiger partial charge in [0.2, 0.25) is 0 Å². The lowest BCUT2D eigenvalue weighted by Gasteiger charge is -2.23. The van der Waals surface area contributed by atoms with Gasteiger partial charge in [0.05, 0.1) is 0 Å². The average Bonchev–Trinajstić information content (AvgIpc) is 1.62. The van der Waals surface area contributed by atoms with Gasteiger partial charge in [0.15, 0.2) is 0 Å². The van der Waals surface area contributed by atoms with Crippen molar-refractivity contribution in [1.29, 1.82) is 0 Å². The Morgan fingerprint density at radius 1 is 0.122 bits per heavy atom. The number of hydrogen-bond donors (Lipinski definition) is 0. The van der Waals surface area contributed by atoms with Gasteiger partial charge < -0.3 is 0 Å². The molecule has 23 aromatic carbocycles. The summed E-state index contributed by atoms with van der Waals surface area (Å²) in [6.45, 7) is 4.75. The molecule has 0 N–H and O–H groups in total. The first-order chi connectivity index (χ1) is 60.8. The van der Waals surface area contributed by atoms with E-state index in [4.69, 9.17) is 0 Å². The fraction of sp³-hybridized carbons (Fsp3) is 0.0244. The topological polar surface area (TPSA) is 0 Å². The molecule has 0 nitrogen and oxygen atoms in total.